The Morgan fingerprint density at radius 2 is 2.12 bits per heavy atom. The summed E-state index contributed by atoms with van der Waals surface area (Å²) in [5, 5.41) is 18.6. The van der Waals surface area contributed by atoms with Gasteiger partial charge in [0.25, 0.3) is 0 Å². The van der Waals surface area contributed by atoms with E-state index >= 15 is 0 Å². The van der Waals surface area contributed by atoms with E-state index in [0.717, 1.165) is 18.7 Å². The summed E-state index contributed by atoms with van der Waals surface area (Å²) in [7, 11) is 4.13. The highest BCUT2D eigenvalue weighted by Gasteiger charge is 2.27. The van der Waals surface area contributed by atoms with Crippen LogP contribution in [0.1, 0.15) is 19.3 Å². The molecule has 0 aromatic carbocycles. The molecule has 1 aliphatic heterocycles. The van der Waals surface area contributed by atoms with E-state index in [2.05, 4.69) is 19.0 Å². The second kappa shape index (κ2) is 7.50. The van der Waals surface area contributed by atoms with Gasteiger partial charge < -0.3 is 19.8 Å². The molecule has 16 heavy (non-hydrogen) atoms. The molecule has 3 atom stereocenters. The van der Waals surface area contributed by atoms with Gasteiger partial charge in [-0.15, -0.1) is 11.8 Å². The van der Waals surface area contributed by atoms with Crippen LogP contribution >= 0.6 is 11.8 Å². The smallest absolute Gasteiger partial charge is 0.106 e. The number of aliphatic hydroxyl groups is 2. The lowest BCUT2D eigenvalue weighted by Crippen LogP contribution is -2.36. The summed E-state index contributed by atoms with van der Waals surface area (Å²) < 4.78 is 5.65. The van der Waals surface area contributed by atoms with Gasteiger partial charge >= 0.3 is 0 Å². The van der Waals surface area contributed by atoms with Crippen molar-refractivity contribution in [1.82, 2.24) is 4.90 Å². The SMILES string of the molecule is CN(C)CCCSC1CC(O)CC(CO)O1. The topological polar surface area (TPSA) is 52.9 Å². The zero-order valence-corrected chi connectivity index (χ0v) is 10.9. The molecule has 0 radical (unpaired) electrons. The zero-order chi connectivity index (χ0) is 12.0. The predicted molar refractivity (Wildman–Crippen MR) is 66.6 cm³/mol. The van der Waals surface area contributed by atoms with Crippen LogP contribution in [0.15, 0.2) is 0 Å². The van der Waals surface area contributed by atoms with Crippen LogP contribution in [0.2, 0.25) is 0 Å². The molecule has 5 heteroatoms. The van der Waals surface area contributed by atoms with E-state index < -0.39 is 0 Å². The van der Waals surface area contributed by atoms with Gasteiger partial charge in [0.05, 0.1) is 18.8 Å². The molecule has 4 nitrogen and oxygen atoms in total. The van der Waals surface area contributed by atoms with Crippen LogP contribution in [0.3, 0.4) is 0 Å². The fourth-order valence-corrected chi connectivity index (χ4v) is 2.92. The lowest BCUT2D eigenvalue weighted by Gasteiger charge is -2.31. The van der Waals surface area contributed by atoms with Gasteiger partial charge in [-0.1, -0.05) is 0 Å². The molecule has 0 aliphatic carbocycles. The number of hydrogen-bond acceptors (Lipinski definition) is 5. The van der Waals surface area contributed by atoms with Crippen molar-refractivity contribution in [3.05, 3.63) is 0 Å². The van der Waals surface area contributed by atoms with Crippen LogP contribution < -0.4 is 0 Å². The highest BCUT2D eigenvalue weighted by atomic mass is 32.2. The summed E-state index contributed by atoms with van der Waals surface area (Å²) in [4.78, 5) is 2.16. The molecule has 0 bridgehead atoms. The van der Waals surface area contributed by atoms with Crippen molar-refractivity contribution in [2.24, 2.45) is 0 Å². The Balaban J connectivity index is 2.15. The molecule has 0 aromatic heterocycles. The maximum Gasteiger partial charge on any atom is 0.106 e. The minimum atomic E-state index is -0.322. The second-order valence-electron chi connectivity index (χ2n) is 4.52. The Bertz CT molecular complexity index is 192. The van der Waals surface area contributed by atoms with Gasteiger partial charge in [-0.25, -0.2) is 0 Å². The van der Waals surface area contributed by atoms with Crippen molar-refractivity contribution in [1.29, 1.82) is 0 Å². The number of rotatable bonds is 6. The number of ether oxygens (including phenoxy) is 1. The van der Waals surface area contributed by atoms with E-state index in [4.69, 9.17) is 9.84 Å². The summed E-state index contributed by atoms with van der Waals surface area (Å²) >= 11 is 1.74. The first-order chi connectivity index (χ1) is 7.61. The third-order valence-corrected chi connectivity index (χ3v) is 3.80. The van der Waals surface area contributed by atoms with E-state index in [1.165, 1.54) is 0 Å². The average molecular weight is 249 g/mol. The van der Waals surface area contributed by atoms with Crippen LogP contribution in [0, 0.1) is 0 Å². The summed E-state index contributed by atoms with van der Waals surface area (Å²) in [6.07, 6.45) is 1.86. The molecular formula is C11H23NO3S. The molecule has 2 N–H and O–H groups in total. The van der Waals surface area contributed by atoms with E-state index in [9.17, 15) is 5.11 Å². The molecule has 3 unspecified atom stereocenters. The summed E-state index contributed by atoms with van der Waals surface area (Å²) in [5.74, 6) is 1.04. The molecule has 0 amide bonds. The fourth-order valence-electron chi connectivity index (χ4n) is 1.77. The zero-order valence-electron chi connectivity index (χ0n) is 10.1. The summed E-state index contributed by atoms with van der Waals surface area (Å²) in [5.41, 5.74) is 0.0445. The van der Waals surface area contributed by atoms with E-state index in [-0.39, 0.29) is 24.3 Å². The van der Waals surface area contributed by atoms with Crippen LogP contribution in [0.25, 0.3) is 0 Å². The molecule has 0 saturated carbocycles. The molecule has 1 rings (SSSR count). The van der Waals surface area contributed by atoms with Crippen molar-refractivity contribution in [3.8, 4) is 0 Å². The minimum Gasteiger partial charge on any atom is -0.394 e. The van der Waals surface area contributed by atoms with Crippen molar-refractivity contribution >= 4 is 11.8 Å². The number of thioether (sulfide) groups is 1. The maximum absolute atomic E-state index is 9.61. The minimum absolute atomic E-state index is 0.00577. The van der Waals surface area contributed by atoms with Gasteiger partial charge in [-0.05, 0) is 32.8 Å². The molecule has 1 fully saturated rings. The van der Waals surface area contributed by atoms with Crippen LogP contribution in [-0.4, -0.2) is 65.8 Å². The Hall–Kier alpha value is 0.190. The van der Waals surface area contributed by atoms with Crippen LogP contribution in [0.4, 0.5) is 0 Å². The Kier molecular flexibility index (Phi) is 6.68. The standard InChI is InChI=1S/C11H23NO3S/c1-12(2)4-3-5-16-11-7-9(14)6-10(8-13)15-11/h9-11,13-14H,3-8H2,1-2H3. The molecule has 0 aromatic rings. The van der Waals surface area contributed by atoms with E-state index in [1.807, 2.05) is 0 Å². The predicted octanol–water partition coefficient (Wildman–Crippen LogP) is 0.530. The highest BCUT2D eigenvalue weighted by Crippen LogP contribution is 2.27. The summed E-state index contributed by atoms with van der Waals surface area (Å²) in [6.45, 7) is 1.08. The third kappa shape index (κ3) is 5.50. The van der Waals surface area contributed by atoms with Crippen LogP contribution in [-0.2, 0) is 4.74 Å². The molecule has 0 spiro atoms. The molecule has 96 valence electrons. The van der Waals surface area contributed by atoms with Crippen molar-refractivity contribution in [3.63, 3.8) is 0 Å². The third-order valence-electron chi connectivity index (χ3n) is 2.60. The molecule has 1 aliphatic rings. The Labute approximate surface area is 102 Å². The van der Waals surface area contributed by atoms with Crippen molar-refractivity contribution in [2.45, 2.75) is 36.9 Å². The van der Waals surface area contributed by atoms with Gasteiger partial charge in [0.15, 0.2) is 0 Å². The lowest BCUT2D eigenvalue weighted by molar-refractivity contribution is -0.0783. The van der Waals surface area contributed by atoms with Crippen LogP contribution in [0.5, 0.6) is 0 Å². The number of hydrogen-bond donors (Lipinski definition) is 2. The number of aliphatic hydroxyl groups excluding tert-OH is 2. The second-order valence-corrected chi connectivity index (χ2v) is 5.79. The fraction of sp³-hybridized carbons (Fsp3) is 1.00. The van der Waals surface area contributed by atoms with Gasteiger partial charge in [-0.2, -0.15) is 0 Å². The van der Waals surface area contributed by atoms with Gasteiger partial charge in [-0.3, -0.25) is 0 Å². The van der Waals surface area contributed by atoms with E-state index in [0.29, 0.717) is 12.8 Å². The summed E-state index contributed by atoms with van der Waals surface area (Å²) in [6, 6.07) is 0. The first kappa shape index (κ1) is 14.3. The van der Waals surface area contributed by atoms with Crippen molar-refractivity contribution in [2.75, 3.05) is 33.0 Å². The van der Waals surface area contributed by atoms with E-state index in [1.54, 1.807) is 11.8 Å². The normalized spacial score (nSPS) is 30.9. The molecule has 1 saturated heterocycles. The average Bonchev–Trinajstić information content (AvgIpc) is 2.23. The Morgan fingerprint density at radius 1 is 1.38 bits per heavy atom. The van der Waals surface area contributed by atoms with Crippen molar-refractivity contribution < 1.29 is 14.9 Å². The maximum atomic E-state index is 9.61. The molecule has 1 heterocycles. The first-order valence-corrected chi connectivity index (χ1v) is 6.87. The van der Waals surface area contributed by atoms with Gasteiger partial charge in [0, 0.05) is 12.8 Å². The monoisotopic (exact) mass is 249 g/mol. The largest absolute Gasteiger partial charge is 0.394 e. The quantitative estimate of drug-likeness (QED) is 0.673. The number of nitrogens with zero attached hydrogens (tertiary/aromatic N) is 1. The molecular weight excluding hydrogens is 226 g/mol. The van der Waals surface area contributed by atoms with Gasteiger partial charge in [0.2, 0.25) is 0 Å². The van der Waals surface area contributed by atoms with Gasteiger partial charge in [0.1, 0.15) is 5.44 Å². The lowest BCUT2D eigenvalue weighted by atomic mass is 10.1. The Morgan fingerprint density at radius 3 is 2.75 bits per heavy atom. The highest BCUT2D eigenvalue weighted by molar-refractivity contribution is 7.99. The first-order valence-electron chi connectivity index (χ1n) is 5.82.